The number of nitrogens with zero attached hydrogens (tertiary/aromatic N) is 3. The van der Waals surface area contributed by atoms with Crippen LogP contribution >= 0.6 is 0 Å². The average molecular weight is 359 g/mol. The van der Waals surface area contributed by atoms with Crippen LogP contribution in [-0.2, 0) is 4.74 Å². The average Bonchev–Trinajstić information content (AvgIpc) is 2.62. The molecule has 0 aliphatic carbocycles. The lowest BCUT2D eigenvalue weighted by Crippen LogP contribution is -2.37. The number of rotatable bonds is 3. The van der Waals surface area contributed by atoms with Gasteiger partial charge in [-0.15, -0.1) is 0 Å². The summed E-state index contributed by atoms with van der Waals surface area (Å²) < 4.78 is 18.9. The molecule has 7 nitrogen and oxygen atoms in total. The van der Waals surface area contributed by atoms with E-state index in [4.69, 9.17) is 4.74 Å². The molecule has 1 aliphatic rings. The van der Waals surface area contributed by atoms with E-state index in [1.807, 2.05) is 13.8 Å². The number of benzene rings is 1. The number of hydrogen-bond donors (Lipinski definition) is 2. The number of amides is 2. The van der Waals surface area contributed by atoms with Gasteiger partial charge in [-0.1, -0.05) is 6.07 Å². The third-order valence-corrected chi connectivity index (χ3v) is 4.31. The van der Waals surface area contributed by atoms with Gasteiger partial charge in [-0.25, -0.2) is 19.2 Å². The first-order valence-corrected chi connectivity index (χ1v) is 8.46. The van der Waals surface area contributed by atoms with E-state index in [-0.39, 0.29) is 5.82 Å². The van der Waals surface area contributed by atoms with E-state index in [0.717, 1.165) is 13.1 Å². The predicted molar refractivity (Wildman–Crippen MR) is 98.3 cm³/mol. The van der Waals surface area contributed by atoms with E-state index >= 15 is 0 Å². The topological polar surface area (TPSA) is 79.4 Å². The van der Waals surface area contributed by atoms with Crippen molar-refractivity contribution in [3.05, 3.63) is 41.0 Å². The SMILES string of the molecule is Cc1nc(N2CCOCC2)nc(C)c1NC(=O)Nc1cccc(F)c1C. The summed E-state index contributed by atoms with van der Waals surface area (Å²) in [5.41, 5.74) is 2.70. The Morgan fingerprint density at radius 3 is 2.42 bits per heavy atom. The largest absolute Gasteiger partial charge is 0.378 e. The molecule has 0 spiro atoms. The van der Waals surface area contributed by atoms with Crippen molar-refractivity contribution in [1.29, 1.82) is 0 Å². The number of hydrogen-bond acceptors (Lipinski definition) is 5. The predicted octanol–water partition coefficient (Wildman–Crippen LogP) is 3.02. The van der Waals surface area contributed by atoms with Gasteiger partial charge in [0.05, 0.1) is 30.3 Å². The monoisotopic (exact) mass is 359 g/mol. The Labute approximate surface area is 151 Å². The maximum absolute atomic E-state index is 13.6. The molecule has 2 N–H and O–H groups in total. The Morgan fingerprint density at radius 2 is 1.77 bits per heavy atom. The molecule has 3 rings (SSSR count). The van der Waals surface area contributed by atoms with Crippen molar-refractivity contribution >= 4 is 23.4 Å². The molecule has 138 valence electrons. The molecule has 1 aromatic carbocycles. The van der Waals surface area contributed by atoms with Gasteiger partial charge < -0.3 is 20.3 Å². The second-order valence-corrected chi connectivity index (χ2v) is 6.16. The van der Waals surface area contributed by atoms with Crippen molar-refractivity contribution in [2.24, 2.45) is 0 Å². The van der Waals surface area contributed by atoms with Crippen molar-refractivity contribution in [1.82, 2.24) is 9.97 Å². The van der Waals surface area contributed by atoms with Crippen LogP contribution in [0.3, 0.4) is 0 Å². The van der Waals surface area contributed by atoms with E-state index < -0.39 is 6.03 Å². The summed E-state index contributed by atoms with van der Waals surface area (Å²) in [5, 5.41) is 5.42. The van der Waals surface area contributed by atoms with E-state index in [1.54, 1.807) is 19.1 Å². The number of aromatic nitrogens is 2. The number of halogens is 1. The van der Waals surface area contributed by atoms with Crippen molar-refractivity contribution in [2.75, 3.05) is 41.8 Å². The van der Waals surface area contributed by atoms with E-state index in [2.05, 4.69) is 25.5 Å². The van der Waals surface area contributed by atoms with E-state index in [0.29, 0.717) is 47.5 Å². The van der Waals surface area contributed by atoms with Crippen LogP contribution in [0.5, 0.6) is 0 Å². The molecule has 2 heterocycles. The maximum atomic E-state index is 13.6. The molecule has 0 bridgehead atoms. The van der Waals surface area contributed by atoms with Gasteiger partial charge in [-0.2, -0.15) is 0 Å². The first kappa shape index (κ1) is 18.1. The lowest BCUT2D eigenvalue weighted by atomic mass is 10.2. The van der Waals surface area contributed by atoms with Gasteiger partial charge in [0.15, 0.2) is 0 Å². The van der Waals surface area contributed by atoms with Gasteiger partial charge in [0, 0.05) is 24.3 Å². The molecule has 2 aromatic rings. The summed E-state index contributed by atoms with van der Waals surface area (Å²) in [7, 11) is 0. The maximum Gasteiger partial charge on any atom is 0.323 e. The number of anilines is 3. The molecule has 2 amide bonds. The zero-order valence-electron chi connectivity index (χ0n) is 15.1. The van der Waals surface area contributed by atoms with Crippen LogP contribution in [0.4, 0.5) is 26.5 Å². The zero-order chi connectivity index (χ0) is 18.7. The number of carbonyl (C=O) groups is 1. The molecule has 26 heavy (non-hydrogen) atoms. The highest BCUT2D eigenvalue weighted by molar-refractivity contribution is 6.00. The molecule has 1 fully saturated rings. The standard InChI is InChI=1S/C18H22FN5O2/c1-11-14(19)5-4-6-15(11)22-18(25)23-16-12(2)20-17(21-13(16)3)24-7-9-26-10-8-24/h4-6H,7-10H2,1-3H3,(H2,22,23,25). The zero-order valence-corrected chi connectivity index (χ0v) is 15.1. The van der Waals surface area contributed by atoms with Gasteiger partial charge in [0.2, 0.25) is 5.95 Å². The molecule has 0 radical (unpaired) electrons. The molecular formula is C18H22FN5O2. The Hall–Kier alpha value is -2.74. The molecule has 0 unspecified atom stereocenters. The summed E-state index contributed by atoms with van der Waals surface area (Å²) in [6.45, 7) is 8.04. The minimum Gasteiger partial charge on any atom is -0.378 e. The summed E-state index contributed by atoms with van der Waals surface area (Å²) in [4.78, 5) is 23.4. The number of urea groups is 1. The summed E-state index contributed by atoms with van der Waals surface area (Å²) in [6.07, 6.45) is 0. The molecule has 0 saturated carbocycles. The number of nitrogens with one attached hydrogen (secondary N) is 2. The first-order chi connectivity index (χ1) is 12.5. The lowest BCUT2D eigenvalue weighted by Gasteiger charge is -2.27. The van der Waals surface area contributed by atoms with Gasteiger partial charge in [0.25, 0.3) is 0 Å². The number of morpholine rings is 1. The first-order valence-electron chi connectivity index (χ1n) is 8.46. The van der Waals surface area contributed by atoms with Crippen LogP contribution in [0, 0.1) is 26.6 Å². The molecule has 1 saturated heterocycles. The van der Waals surface area contributed by atoms with Crippen LogP contribution in [0.15, 0.2) is 18.2 Å². The smallest absolute Gasteiger partial charge is 0.323 e. The molecular weight excluding hydrogens is 337 g/mol. The van der Waals surface area contributed by atoms with Crippen LogP contribution < -0.4 is 15.5 Å². The Balaban J connectivity index is 1.74. The molecule has 0 atom stereocenters. The minimum absolute atomic E-state index is 0.367. The fourth-order valence-corrected chi connectivity index (χ4v) is 2.79. The van der Waals surface area contributed by atoms with Crippen LogP contribution in [0.2, 0.25) is 0 Å². The fourth-order valence-electron chi connectivity index (χ4n) is 2.79. The number of carbonyl (C=O) groups excluding carboxylic acids is 1. The second kappa shape index (κ2) is 7.65. The van der Waals surface area contributed by atoms with Gasteiger partial charge in [-0.05, 0) is 32.9 Å². The Kier molecular flexibility index (Phi) is 5.32. The summed E-state index contributed by atoms with van der Waals surface area (Å²) in [6, 6.07) is 4.09. The van der Waals surface area contributed by atoms with Crippen molar-refractivity contribution < 1.29 is 13.9 Å². The van der Waals surface area contributed by atoms with Crippen molar-refractivity contribution in [2.45, 2.75) is 20.8 Å². The quantitative estimate of drug-likeness (QED) is 0.881. The molecule has 1 aromatic heterocycles. The highest BCUT2D eigenvalue weighted by Crippen LogP contribution is 2.22. The molecule has 8 heteroatoms. The van der Waals surface area contributed by atoms with E-state index in [9.17, 15) is 9.18 Å². The van der Waals surface area contributed by atoms with Crippen molar-refractivity contribution in [3.63, 3.8) is 0 Å². The molecule has 1 aliphatic heterocycles. The number of aryl methyl sites for hydroxylation is 2. The van der Waals surface area contributed by atoms with Crippen LogP contribution in [-0.4, -0.2) is 42.3 Å². The minimum atomic E-state index is -0.465. The highest BCUT2D eigenvalue weighted by atomic mass is 19.1. The fraction of sp³-hybridized carbons (Fsp3) is 0.389. The van der Waals surface area contributed by atoms with Gasteiger partial charge >= 0.3 is 6.03 Å². The van der Waals surface area contributed by atoms with Crippen molar-refractivity contribution in [3.8, 4) is 0 Å². The summed E-state index contributed by atoms with van der Waals surface area (Å²) >= 11 is 0. The summed E-state index contributed by atoms with van der Waals surface area (Å²) in [5.74, 6) is 0.267. The van der Waals surface area contributed by atoms with Gasteiger partial charge in [-0.3, -0.25) is 0 Å². The highest BCUT2D eigenvalue weighted by Gasteiger charge is 2.18. The number of ether oxygens (including phenoxy) is 1. The third kappa shape index (κ3) is 3.91. The normalized spacial score (nSPS) is 14.2. The Morgan fingerprint density at radius 1 is 1.12 bits per heavy atom. The Bertz CT molecular complexity index is 798. The lowest BCUT2D eigenvalue weighted by molar-refractivity contribution is 0.122. The van der Waals surface area contributed by atoms with Crippen LogP contribution in [0.1, 0.15) is 17.0 Å². The van der Waals surface area contributed by atoms with Gasteiger partial charge in [0.1, 0.15) is 5.82 Å². The third-order valence-electron chi connectivity index (χ3n) is 4.31. The van der Waals surface area contributed by atoms with Crippen LogP contribution in [0.25, 0.3) is 0 Å². The second-order valence-electron chi connectivity index (χ2n) is 6.16. The van der Waals surface area contributed by atoms with E-state index in [1.165, 1.54) is 6.07 Å².